The van der Waals surface area contributed by atoms with E-state index in [4.69, 9.17) is 4.74 Å². The predicted octanol–water partition coefficient (Wildman–Crippen LogP) is 2.53. The highest BCUT2D eigenvalue weighted by atomic mass is 16.5. The van der Waals surface area contributed by atoms with Crippen molar-refractivity contribution in [1.82, 2.24) is 10.2 Å². The van der Waals surface area contributed by atoms with Crippen LogP contribution in [0.5, 0.6) is 5.75 Å². The first-order valence-electron chi connectivity index (χ1n) is 8.55. The van der Waals surface area contributed by atoms with Gasteiger partial charge in [-0.1, -0.05) is 18.2 Å². The predicted molar refractivity (Wildman–Crippen MR) is 88.3 cm³/mol. The van der Waals surface area contributed by atoms with Gasteiger partial charge in [-0.05, 0) is 44.1 Å². The molecule has 2 aliphatic rings. The second-order valence-corrected chi connectivity index (χ2v) is 6.72. The molecule has 0 radical (unpaired) electrons. The van der Waals surface area contributed by atoms with Crippen LogP contribution in [-0.4, -0.2) is 41.8 Å². The van der Waals surface area contributed by atoms with Crippen LogP contribution in [0, 0.1) is 5.92 Å². The van der Waals surface area contributed by atoms with Crippen LogP contribution >= 0.6 is 0 Å². The van der Waals surface area contributed by atoms with Crippen molar-refractivity contribution in [2.24, 2.45) is 5.92 Å². The fourth-order valence-corrected chi connectivity index (χ4v) is 2.73. The number of carbonyl (C=O) groups excluding carboxylic acids is 1. The van der Waals surface area contributed by atoms with Crippen LogP contribution in [0.2, 0.25) is 0 Å². The van der Waals surface area contributed by atoms with E-state index < -0.39 is 6.10 Å². The lowest BCUT2D eigenvalue weighted by molar-refractivity contribution is 0.112. The third-order valence-electron chi connectivity index (χ3n) is 4.72. The number of likely N-dealkylation sites (N-methyl/N-ethyl adjacent to an activating group) is 1. The van der Waals surface area contributed by atoms with E-state index in [9.17, 15) is 9.90 Å². The molecule has 2 amide bonds. The van der Waals surface area contributed by atoms with Crippen molar-refractivity contribution in [3.8, 4) is 5.75 Å². The summed E-state index contributed by atoms with van der Waals surface area (Å²) in [5, 5.41) is 12.8. The Hall–Kier alpha value is -1.75. The SMILES string of the molecule is CN(C[C@@H](O)C1CC1)C(=O)NCc1ccccc1OC1CCC1. The molecule has 0 saturated heterocycles. The summed E-state index contributed by atoms with van der Waals surface area (Å²) in [6, 6.07) is 7.68. The Kier molecular flexibility index (Phi) is 5.06. The normalized spacial score (nSPS) is 18.9. The molecule has 0 heterocycles. The minimum Gasteiger partial charge on any atom is -0.490 e. The van der Waals surface area contributed by atoms with E-state index in [-0.39, 0.29) is 6.03 Å². The number of para-hydroxylation sites is 1. The molecule has 1 aromatic carbocycles. The number of nitrogens with one attached hydrogen (secondary N) is 1. The molecule has 3 rings (SSSR count). The quantitative estimate of drug-likeness (QED) is 0.812. The summed E-state index contributed by atoms with van der Waals surface area (Å²) in [6.45, 7) is 0.822. The molecular weight excluding hydrogens is 292 g/mol. The Balaban J connectivity index is 1.49. The van der Waals surface area contributed by atoms with Crippen LogP contribution in [0.15, 0.2) is 24.3 Å². The van der Waals surface area contributed by atoms with Crippen LogP contribution in [0.1, 0.15) is 37.7 Å². The fourth-order valence-electron chi connectivity index (χ4n) is 2.73. The third-order valence-corrected chi connectivity index (χ3v) is 4.72. The number of ether oxygens (including phenoxy) is 1. The zero-order valence-corrected chi connectivity index (χ0v) is 13.7. The van der Waals surface area contributed by atoms with E-state index in [0.717, 1.165) is 37.0 Å². The molecule has 5 nitrogen and oxygen atoms in total. The van der Waals surface area contributed by atoms with E-state index in [1.165, 1.54) is 6.42 Å². The van der Waals surface area contributed by atoms with E-state index >= 15 is 0 Å². The van der Waals surface area contributed by atoms with Crippen molar-refractivity contribution in [3.63, 3.8) is 0 Å². The Morgan fingerprint density at radius 2 is 2.09 bits per heavy atom. The van der Waals surface area contributed by atoms with Gasteiger partial charge in [0.05, 0.1) is 12.2 Å². The van der Waals surface area contributed by atoms with Crippen LogP contribution in [0.25, 0.3) is 0 Å². The highest BCUT2D eigenvalue weighted by molar-refractivity contribution is 5.74. The Bertz CT molecular complexity index is 541. The van der Waals surface area contributed by atoms with E-state index in [2.05, 4.69) is 5.32 Å². The molecule has 23 heavy (non-hydrogen) atoms. The van der Waals surface area contributed by atoms with Gasteiger partial charge in [0.2, 0.25) is 0 Å². The smallest absolute Gasteiger partial charge is 0.317 e. The number of nitrogens with zero attached hydrogens (tertiary/aromatic N) is 1. The summed E-state index contributed by atoms with van der Waals surface area (Å²) >= 11 is 0. The number of aliphatic hydroxyl groups excluding tert-OH is 1. The lowest BCUT2D eigenvalue weighted by atomic mass is 9.96. The lowest BCUT2D eigenvalue weighted by Crippen LogP contribution is -2.41. The second-order valence-electron chi connectivity index (χ2n) is 6.72. The third kappa shape index (κ3) is 4.38. The maximum absolute atomic E-state index is 12.2. The van der Waals surface area contributed by atoms with E-state index in [1.54, 1.807) is 11.9 Å². The van der Waals surface area contributed by atoms with Gasteiger partial charge in [-0.3, -0.25) is 0 Å². The molecule has 2 aliphatic carbocycles. The van der Waals surface area contributed by atoms with Crippen molar-refractivity contribution >= 4 is 6.03 Å². The summed E-state index contributed by atoms with van der Waals surface area (Å²) in [6.07, 6.45) is 5.52. The van der Waals surface area contributed by atoms with Gasteiger partial charge in [0.15, 0.2) is 0 Å². The second kappa shape index (κ2) is 7.21. The number of hydrogen-bond donors (Lipinski definition) is 2. The Morgan fingerprint density at radius 3 is 2.74 bits per heavy atom. The molecule has 0 aromatic heterocycles. The first kappa shape index (κ1) is 16.1. The minimum absolute atomic E-state index is 0.164. The number of amides is 2. The maximum atomic E-state index is 12.2. The maximum Gasteiger partial charge on any atom is 0.317 e. The van der Waals surface area contributed by atoms with E-state index in [1.807, 2.05) is 24.3 Å². The summed E-state index contributed by atoms with van der Waals surface area (Å²) in [5.74, 6) is 1.24. The molecule has 5 heteroatoms. The zero-order chi connectivity index (χ0) is 16.2. The van der Waals surface area contributed by atoms with Gasteiger partial charge in [0.25, 0.3) is 0 Å². The molecule has 0 unspecified atom stereocenters. The van der Waals surface area contributed by atoms with Gasteiger partial charge >= 0.3 is 6.03 Å². The van der Waals surface area contributed by atoms with Crippen molar-refractivity contribution in [1.29, 1.82) is 0 Å². The highest BCUT2D eigenvalue weighted by Gasteiger charge is 2.31. The molecule has 1 atom stereocenters. The van der Waals surface area contributed by atoms with Gasteiger partial charge in [-0.25, -0.2) is 4.79 Å². The average molecular weight is 318 g/mol. The van der Waals surface area contributed by atoms with Crippen molar-refractivity contribution in [3.05, 3.63) is 29.8 Å². The topological polar surface area (TPSA) is 61.8 Å². The lowest BCUT2D eigenvalue weighted by Gasteiger charge is -2.27. The van der Waals surface area contributed by atoms with Gasteiger partial charge < -0.3 is 20.1 Å². The summed E-state index contributed by atoms with van der Waals surface area (Å²) < 4.78 is 5.97. The first-order valence-corrected chi connectivity index (χ1v) is 8.55. The van der Waals surface area contributed by atoms with Crippen LogP contribution in [0.3, 0.4) is 0 Å². The molecule has 2 fully saturated rings. The van der Waals surface area contributed by atoms with Crippen LogP contribution in [-0.2, 0) is 6.54 Å². The van der Waals surface area contributed by atoms with Crippen molar-refractivity contribution in [2.75, 3.05) is 13.6 Å². The van der Waals surface area contributed by atoms with Crippen molar-refractivity contribution in [2.45, 2.75) is 50.9 Å². The highest BCUT2D eigenvalue weighted by Crippen LogP contribution is 2.32. The van der Waals surface area contributed by atoms with E-state index in [0.29, 0.717) is 25.1 Å². The number of hydrogen-bond acceptors (Lipinski definition) is 3. The van der Waals surface area contributed by atoms with Crippen molar-refractivity contribution < 1.29 is 14.6 Å². The molecule has 0 bridgehead atoms. The summed E-state index contributed by atoms with van der Waals surface area (Å²) in [7, 11) is 1.72. The number of carbonyl (C=O) groups is 1. The largest absolute Gasteiger partial charge is 0.490 e. The summed E-state index contributed by atoms with van der Waals surface area (Å²) in [5.41, 5.74) is 0.990. The fraction of sp³-hybridized carbons (Fsp3) is 0.611. The standard InChI is InChI=1S/C18H26N2O3/c1-20(12-16(21)13-9-10-13)18(22)19-11-14-5-2-3-8-17(14)23-15-6-4-7-15/h2-3,5,8,13,15-16,21H,4,6-7,9-12H2,1H3,(H,19,22)/t16-/m1/s1. The first-order chi connectivity index (χ1) is 11.1. The van der Waals surface area contributed by atoms with Gasteiger partial charge in [-0.15, -0.1) is 0 Å². The monoisotopic (exact) mass is 318 g/mol. The molecular formula is C18H26N2O3. The minimum atomic E-state index is -0.403. The molecule has 2 saturated carbocycles. The molecule has 2 N–H and O–H groups in total. The molecule has 1 aromatic rings. The average Bonchev–Trinajstić information content (AvgIpc) is 3.34. The van der Waals surface area contributed by atoms with Gasteiger partial charge in [0.1, 0.15) is 5.75 Å². The molecule has 0 spiro atoms. The number of aliphatic hydroxyl groups is 1. The summed E-state index contributed by atoms with van der Waals surface area (Å²) in [4.78, 5) is 13.7. The number of rotatable bonds is 7. The zero-order valence-electron chi connectivity index (χ0n) is 13.7. The Labute approximate surface area is 137 Å². The van der Waals surface area contributed by atoms with Crippen LogP contribution < -0.4 is 10.1 Å². The number of benzene rings is 1. The molecule has 0 aliphatic heterocycles. The number of urea groups is 1. The van der Waals surface area contributed by atoms with Crippen LogP contribution in [0.4, 0.5) is 4.79 Å². The van der Waals surface area contributed by atoms with Gasteiger partial charge in [0, 0.05) is 25.7 Å². The Morgan fingerprint density at radius 1 is 1.35 bits per heavy atom. The van der Waals surface area contributed by atoms with Gasteiger partial charge in [-0.2, -0.15) is 0 Å². The molecule has 126 valence electrons.